The highest BCUT2D eigenvalue weighted by molar-refractivity contribution is 14.0. The maximum atomic E-state index is 4.86. The molecule has 0 aliphatic heterocycles. The van der Waals surface area contributed by atoms with Crippen molar-refractivity contribution in [1.82, 2.24) is 25.4 Å². The van der Waals surface area contributed by atoms with Gasteiger partial charge in [-0.05, 0) is 30.7 Å². The number of nitrogens with one attached hydrogen (secondary N) is 2. The largest absolute Gasteiger partial charge is 0.355 e. The molecule has 29 heavy (non-hydrogen) atoms. The Balaban J connectivity index is 0.00000300. The lowest BCUT2D eigenvalue weighted by Crippen LogP contribution is -2.48. The van der Waals surface area contributed by atoms with Crippen molar-refractivity contribution in [3.63, 3.8) is 0 Å². The maximum absolute atomic E-state index is 4.86. The molecule has 7 heteroatoms. The van der Waals surface area contributed by atoms with Crippen LogP contribution in [0.15, 0.2) is 41.7 Å². The van der Waals surface area contributed by atoms with Crippen molar-refractivity contribution in [2.24, 2.45) is 10.9 Å². The number of aryl methyl sites for hydroxylation is 1. The van der Waals surface area contributed by atoms with Gasteiger partial charge in [-0.25, -0.2) is 0 Å². The monoisotopic (exact) mass is 510 g/mol. The number of aromatic nitrogens is 3. The number of benzene rings is 1. The number of hydrogen-bond donors (Lipinski definition) is 2. The van der Waals surface area contributed by atoms with Gasteiger partial charge in [0.05, 0.1) is 0 Å². The first-order valence-electron chi connectivity index (χ1n) is 10.7. The van der Waals surface area contributed by atoms with Gasteiger partial charge in [-0.15, -0.1) is 34.2 Å². The summed E-state index contributed by atoms with van der Waals surface area (Å²) in [7, 11) is 0. The van der Waals surface area contributed by atoms with Crippen LogP contribution in [0.5, 0.6) is 0 Å². The first-order chi connectivity index (χ1) is 13.8. The van der Waals surface area contributed by atoms with Crippen molar-refractivity contribution < 1.29 is 0 Å². The van der Waals surface area contributed by atoms with E-state index in [1.54, 1.807) is 0 Å². The molecule has 2 atom stereocenters. The third-order valence-electron chi connectivity index (χ3n) is 5.60. The van der Waals surface area contributed by atoms with Gasteiger partial charge in [0.25, 0.3) is 0 Å². The van der Waals surface area contributed by atoms with E-state index in [2.05, 4.69) is 69.6 Å². The number of hydrogen-bond acceptors (Lipinski definition) is 3. The van der Waals surface area contributed by atoms with E-state index in [1.807, 2.05) is 6.33 Å². The number of nitrogens with zero attached hydrogens (tertiary/aromatic N) is 4. The summed E-state index contributed by atoms with van der Waals surface area (Å²) in [5.74, 6) is 2.65. The minimum Gasteiger partial charge on any atom is -0.355 e. The van der Waals surface area contributed by atoms with Crippen LogP contribution in [0.1, 0.15) is 50.9 Å². The van der Waals surface area contributed by atoms with Crippen LogP contribution in [0, 0.1) is 5.92 Å². The van der Waals surface area contributed by atoms with Crippen molar-refractivity contribution in [2.45, 2.75) is 65.0 Å². The number of rotatable bonds is 8. The lowest BCUT2D eigenvalue weighted by atomic mass is 9.86. The van der Waals surface area contributed by atoms with E-state index in [-0.39, 0.29) is 24.0 Å². The zero-order valence-electron chi connectivity index (χ0n) is 17.7. The van der Waals surface area contributed by atoms with Crippen LogP contribution in [-0.2, 0) is 19.4 Å². The zero-order valence-corrected chi connectivity index (χ0v) is 20.0. The molecule has 0 radical (unpaired) electrons. The van der Waals surface area contributed by atoms with Crippen molar-refractivity contribution in [2.75, 3.05) is 13.1 Å². The molecule has 1 heterocycles. The summed E-state index contributed by atoms with van der Waals surface area (Å²) in [6.07, 6.45) is 8.85. The topological polar surface area (TPSA) is 67.1 Å². The fourth-order valence-electron chi connectivity index (χ4n) is 3.83. The summed E-state index contributed by atoms with van der Waals surface area (Å²) < 4.78 is 2.11. The molecule has 1 aliphatic carbocycles. The predicted molar refractivity (Wildman–Crippen MR) is 130 cm³/mol. The Bertz CT molecular complexity index is 730. The standard InChI is InChI=1S/C22H34N6.HI/c1-3-21-27-25-17-28(21)16-15-24-22(26-20-12-8-7-9-18(20)2)23-14-13-19-10-5-4-6-11-19;/h4-6,10-11,17-18,20H,3,7-9,12-16H2,1-2H3,(H2,23,24,26);1H. The highest BCUT2D eigenvalue weighted by Gasteiger charge is 2.22. The van der Waals surface area contributed by atoms with Crippen LogP contribution in [0.2, 0.25) is 0 Å². The first-order valence-corrected chi connectivity index (χ1v) is 10.7. The predicted octanol–water partition coefficient (Wildman–Crippen LogP) is 3.82. The molecule has 1 fully saturated rings. The molecule has 2 N–H and O–H groups in total. The third-order valence-corrected chi connectivity index (χ3v) is 5.60. The molecule has 1 aromatic carbocycles. The summed E-state index contributed by atoms with van der Waals surface area (Å²) in [6.45, 7) is 6.89. The molecule has 2 unspecified atom stereocenters. The maximum Gasteiger partial charge on any atom is 0.191 e. The molecule has 160 valence electrons. The average Bonchev–Trinajstić information content (AvgIpc) is 3.18. The van der Waals surface area contributed by atoms with E-state index in [9.17, 15) is 0 Å². The summed E-state index contributed by atoms with van der Waals surface area (Å²) in [5, 5.41) is 15.4. The van der Waals surface area contributed by atoms with Crippen LogP contribution in [0.25, 0.3) is 0 Å². The Morgan fingerprint density at radius 3 is 2.76 bits per heavy atom. The van der Waals surface area contributed by atoms with Gasteiger partial charge in [-0.3, -0.25) is 4.99 Å². The van der Waals surface area contributed by atoms with Crippen LogP contribution >= 0.6 is 24.0 Å². The van der Waals surface area contributed by atoms with E-state index in [4.69, 9.17) is 4.99 Å². The quantitative estimate of drug-likeness (QED) is 0.322. The van der Waals surface area contributed by atoms with Gasteiger partial charge in [-0.2, -0.15) is 0 Å². The molecule has 0 saturated heterocycles. The van der Waals surface area contributed by atoms with Crippen molar-refractivity contribution in [3.05, 3.63) is 48.0 Å². The summed E-state index contributed by atoms with van der Waals surface area (Å²) in [5.41, 5.74) is 1.33. The van der Waals surface area contributed by atoms with Gasteiger partial charge in [0.1, 0.15) is 12.2 Å². The Hall–Kier alpha value is -1.64. The fraction of sp³-hybridized carbons (Fsp3) is 0.591. The number of halogens is 1. The zero-order chi connectivity index (χ0) is 19.6. The smallest absolute Gasteiger partial charge is 0.191 e. The second-order valence-corrected chi connectivity index (χ2v) is 7.70. The third kappa shape index (κ3) is 7.60. The van der Waals surface area contributed by atoms with E-state index in [0.29, 0.717) is 12.0 Å². The van der Waals surface area contributed by atoms with E-state index >= 15 is 0 Å². The number of aliphatic imine (C=N–C) groups is 1. The molecule has 1 aromatic heterocycles. The normalized spacial score (nSPS) is 19.4. The van der Waals surface area contributed by atoms with Crippen molar-refractivity contribution in [3.8, 4) is 0 Å². The Morgan fingerprint density at radius 1 is 1.21 bits per heavy atom. The van der Waals surface area contributed by atoms with Crippen LogP contribution < -0.4 is 10.6 Å². The van der Waals surface area contributed by atoms with Gasteiger partial charge < -0.3 is 15.2 Å². The minimum absolute atomic E-state index is 0. The molecule has 1 aliphatic rings. The van der Waals surface area contributed by atoms with Crippen molar-refractivity contribution in [1.29, 1.82) is 0 Å². The minimum atomic E-state index is 0. The van der Waals surface area contributed by atoms with Gasteiger partial charge in [0, 0.05) is 32.1 Å². The molecule has 1 saturated carbocycles. The molecule has 2 aromatic rings. The fourth-order valence-corrected chi connectivity index (χ4v) is 3.83. The van der Waals surface area contributed by atoms with Crippen molar-refractivity contribution >= 4 is 29.9 Å². The highest BCUT2D eigenvalue weighted by atomic mass is 127. The second-order valence-electron chi connectivity index (χ2n) is 7.70. The number of guanidine groups is 1. The molecule has 3 rings (SSSR count). The van der Waals surface area contributed by atoms with Crippen LogP contribution in [0.4, 0.5) is 0 Å². The Kier molecular flexibility index (Phi) is 10.5. The van der Waals surface area contributed by atoms with Gasteiger partial charge in [0.2, 0.25) is 0 Å². The summed E-state index contributed by atoms with van der Waals surface area (Å²) >= 11 is 0. The Labute approximate surface area is 192 Å². The highest BCUT2D eigenvalue weighted by Crippen LogP contribution is 2.23. The van der Waals surface area contributed by atoms with Crippen LogP contribution in [-0.4, -0.2) is 39.9 Å². The van der Waals surface area contributed by atoms with Gasteiger partial charge in [-0.1, -0.05) is 57.0 Å². The lowest BCUT2D eigenvalue weighted by Gasteiger charge is -2.31. The first kappa shape index (κ1) is 23.6. The van der Waals surface area contributed by atoms with E-state index < -0.39 is 0 Å². The molecule has 6 nitrogen and oxygen atoms in total. The summed E-state index contributed by atoms with van der Waals surface area (Å²) in [6, 6.07) is 11.1. The summed E-state index contributed by atoms with van der Waals surface area (Å²) in [4.78, 5) is 4.86. The van der Waals surface area contributed by atoms with E-state index in [0.717, 1.165) is 44.3 Å². The molecule has 0 bridgehead atoms. The SMILES string of the molecule is CCc1nncn1CCNC(=NCCc1ccccc1)NC1CCCCC1C.I. The molecule has 0 spiro atoms. The van der Waals surface area contributed by atoms with Gasteiger partial charge >= 0.3 is 0 Å². The van der Waals surface area contributed by atoms with E-state index in [1.165, 1.54) is 31.2 Å². The molecular weight excluding hydrogens is 475 g/mol. The molecule has 0 amide bonds. The van der Waals surface area contributed by atoms with Crippen LogP contribution in [0.3, 0.4) is 0 Å². The average molecular weight is 510 g/mol. The second kappa shape index (κ2) is 12.8. The molecular formula is C22H35IN6. The lowest BCUT2D eigenvalue weighted by molar-refractivity contribution is 0.306. The Morgan fingerprint density at radius 2 is 2.00 bits per heavy atom. The van der Waals surface area contributed by atoms with Gasteiger partial charge in [0.15, 0.2) is 5.96 Å².